The molecule has 2 aromatic rings. The number of amides is 1. The van der Waals surface area contributed by atoms with Crippen LogP contribution in [0.25, 0.3) is 0 Å². The number of nitrogens with one attached hydrogen (secondary N) is 1. The van der Waals surface area contributed by atoms with Crippen LogP contribution >= 0.6 is 11.8 Å². The van der Waals surface area contributed by atoms with Gasteiger partial charge < -0.3 is 5.32 Å². The number of rotatable bonds is 3. The van der Waals surface area contributed by atoms with Crippen molar-refractivity contribution >= 4 is 28.4 Å². The largest absolute Gasteiger partial charge is 0.324 e. The van der Waals surface area contributed by atoms with Crippen LogP contribution in [0.5, 0.6) is 0 Å². The summed E-state index contributed by atoms with van der Waals surface area (Å²) >= 11 is 1.64. The molecule has 0 radical (unpaired) electrons. The molecule has 1 aliphatic heterocycles. The summed E-state index contributed by atoms with van der Waals surface area (Å²) in [5.74, 6) is 0.657. The number of benzene rings is 2. The van der Waals surface area contributed by atoms with Gasteiger partial charge in [0.05, 0.1) is 5.04 Å². The summed E-state index contributed by atoms with van der Waals surface area (Å²) in [7, 11) is 0. The van der Waals surface area contributed by atoms with Crippen LogP contribution in [-0.2, 0) is 4.79 Å². The predicted octanol–water partition coefficient (Wildman–Crippen LogP) is 3.50. The highest BCUT2D eigenvalue weighted by Crippen LogP contribution is 2.24. The number of carbonyl (C=O) groups is 1. The van der Waals surface area contributed by atoms with Gasteiger partial charge in [-0.15, -0.1) is 11.8 Å². The lowest BCUT2D eigenvalue weighted by molar-refractivity contribution is -0.116. The van der Waals surface area contributed by atoms with Gasteiger partial charge in [0.15, 0.2) is 0 Å². The average molecular weight is 296 g/mol. The highest BCUT2D eigenvalue weighted by Gasteiger charge is 2.25. The average Bonchev–Trinajstić information content (AvgIpc) is 3.00. The normalized spacial score (nSPS) is 17.4. The fourth-order valence-electron chi connectivity index (χ4n) is 2.18. The fourth-order valence-corrected chi connectivity index (χ4v) is 3.22. The molecule has 1 amide bonds. The molecule has 1 heterocycles. The van der Waals surface area contributed by atoms with E-state index in [2.05, 4.69) is 10.3 Å². The molecule has 0 aromatic heterocycles. The number of hydrogen-bond donors (Lipinski definition) is 1. The first-order valence-corrected chi connectivity index (χ1v) is 7.85. The topological polar surface area (TPSA) is 41.5 Å². The third-order valence-electron chi connectivity index (χ3n) is 3.38. The van der Waals surface area contributed by atoms with E-state index in [-0.39, 0.29) is 11.9 Å². The smallest absolute Gasteiger partial charge is 0.250 e. The van der Waals surface area contributed by atoms with Gasteiger partial charge in [-0.3, -0.25) is 9.79 Å². The van der Waals surface area contributed by atoms with Crippen molar-refractivity contribution in [3.8, 4) is 0 Å². The standard InChI is InChI=1S/C17H16N2OS/c1-12-7-5-6-10-14(12)18-16(20)15-11-21-17(19-15)13-8-3-2-4-9-13/h2-10,15H,11H2,1H3,(H,18,20)/t15-/m0/s1. The van der Waals surface area contributed by atoms with Gasteiger partial charge in [-0.25, -0.2) is 0 Å². The third kappa shape index (κ3) is 3.16. The monoisotopic (exact) mass is 296 g/mol. The third-order valence-corrected chi connectivity index (χ3v) is 4.47. The molecule has 0 saturated heterocycles. The number of para-hydroxylation sites is 1. The number of thioether (sulfide) groups is 1. The van der Waals surface area contributed by atoms with Gasteiger partial charge in [0.2, 0.25) is 5.91 Å². The molecule has 0 bridgehead atoms. The van der Waals surface area contributed by atoms with Crippen LogP contribution in [0.1, 0.15) is 11.1 Å². The molecular formula is C17H16N2OS. The summed E-state index contributed by atoms with van der Waals surface area (Å²) in [4.78, 5) is 16.9. The van der Waals surface area contributed by atoms with E-state index in [1.54, 1.807) is 11.8 Å². The van der Waals surface area contributed by atoms with Gasteiger partial charge in [-0.2, -0.15) is 0 Å². The number of nitrogens with zero attached hydrogens (tertiary/aromatic N) is 1. The maximum absolute atomic E-state index is 12.3. The minimum Gasteiger partial charge on any atom is -0.324 e. The Labute approximate surface area is 128 Å². The van der Waals surface area contributed by atoms with E-state index in [1.165, 1.54) is 0 Å². The molecule has 4 heteroatoms. The van der Waals surface area contributed by atoms with E-state index in [9.17, 15) is 4.79 Å². The molecule has 1 aliphatic rings. The molecule has 0 aliphatic carbocycles. The Bertz CT molecular complexity index is 682. The Hall–Kier alpha value is -2.07. The van der Waals surface area contributed by atoms with Crippen molar-refractivity contribution in [1.82, 2.24) is 0 Å². The minimum atomic E-state index is -0.315. The molecule has 0 spiro atoms. The second-order valence-electron chi connectivity index (χ2n) is 4.93. The van der Waals surface area contributed by atoms with Crippen LogP contribution in [0.2, 0.25) is 0 Å². The van der Waals surface area contributed by atoms with Crippen molar-refractivity contribution in [2.45, 2.75) is 13.0 Å². The van der Waals surface area contributed by atoms with Gasteiger partial charge in [-0.05, 0) is 18.6 Å². The Morgan fingerprint density at radius 3 is 2.62 bits per heavy atom. The molecule has 3 nitrogen and oxygen atoms in total. The van der Waals surface area contributed by atoms with Crippen LogP contribution in [0, 0.1) is 6.92 Å². The van der Waals surface area contributed by atoms with E-state index in [4.69, 9.17) is 0 Å². The Kier molecular flexibility index (Phi) is 4.06. The van der Waals surface area contributed by atoms with E-state index in [1.807, 2.05) is 61.5 Å². The van der Waals surface area contributed by atoms with Crippen molar-refractivity contribution in [2.75, 3.05) is 11.1 Å². The Morgan fingerprint density at radius 2 is 1.86 bits per heavy atom. The van der Waals surface area contributed by atoms with Crippen molar-refractivity contribution in [3.63, 3.8) is 0 Å². The number of aryl methyl sites for hydroxylation is 1. The molecule has 1 atom stereocenters. The zero-order valence-corrected chi connectivity index (χ0v) is 12.6. The molecule has 0 unspecified atom stereocenters. The number of hydrogen-bond acceptors (Lipinski definition) is 3. The molecule has 21 heavy (non-hydrogen) atoms. The zero-order chi connectivity index (χ0) is 14.7. The summed E-state index contributed by atoms with van der Waals surface area (Å²) in [5.41, 5.74) is 2.99. The highest BCUT2D eigenvalue weighted by atomic mass is 32.2. The van der Waals surface area contributed by atoms with Crippen LogP contribution in [0.4, 0.5) is 5.69 Å². The first-order valence-electron chi connectivity index (χ1n) is 6.86. The van der Waals surface area contributed by atoms with E-state index in [0.29, 0.717) is 5.75 Å². The van der Waals surface area contributed by atoms with Crippen molar-refractivity contribution in [3.05, 3.63) is 65.7 Å². The quantitative estimate of drug-likeness (QED) is 0.942. The highest BCUT2D eigenvalue weighted by molar-refractivity contribution is 8.14. The fraction of sp³-hybridized carbons (Fsp3) is 0.176. The Balaban J connectivity index is 1.72. The number of carbonyl (C=O) groups excluding carboxylic acids is 1. The van der Waals surface area contributed by atoms with Crippen LogP contribution in [0.15, 0.2) is 59.6 Å². The van der Waals surface area contributed by atoms with E-state index >= 15 is 0 Å². The lowest BCUT2D eigenvalue weighted by Gasteiger charge is -2.10. The van der Waals surface area contributed by atoms with Gasteiger partial charge in [0.1, 0.15) is 6.04 Å². The summed E-state index contributed by atoms with van der Waals surface area (Å²) < 4.78 is 0. The molecule has 106 valence electrons. The summed E-state index contributed by atoms with van der Waals surface area (Å²) in [6, 6.07) is 17.5. The van der Waals surface area contributed by atoms with E-state index < -0.39 is 0 Å². The maximum Gasteiger partial charge on any atom is 0.250 e. The number of anilines is 1. The summed E-state index contributed by atoms with van der Waals surface area (Å²) in [5, 5.41) is 3.91. The van der Waals surface area contributed by atoms with Crippen molar-refractivity contribution in [2.24, 2.45) is 4.99 Å². The zero-order valence-electron chi connectivity index (χ0n) is 11.7. The van der Waals surface area contributed by atoms with Crippen LogP contribution < -0.4 is 5.32 Å². The Morgan fingerprint density at radius 1 is 1.14 bits per heavy atom. The first-order chi connectivity index (χ1) is 10.2. The van der Waals surface area contributed by atoms with Gasteiger partial charge in [0, 0.05) is 17.0 Å². The van der Waals surface area contributed by atoms with Crippen molar-refractivity contribution in [1.29, 1.82) is 0 Å². The van der Waals surface area contributed by atoms with Gasteiger partial charge in [0.25, 0.3) is 0 Å². The SMILES string of the molecule is Cc1ccccc1NC(=O)[C@@H]1CSC(c2ccccc2)=N1. The molecule has 0 fully saturated rings. The second kappa shape index (κ2) is 6.14. The lowest BCUT2D eigenvalue weighted by Crippen LogP contribution is -2.26. The van der Waals surface area contributed by atoms with E-state index in [0.717, 1.165) is 21.9 Å². The number of aliphatic imine (C=N–C) groups is 1. The minimum absolute atomic E-state index is 0.0391. The predicted molar refractivity (Wildman–Crippen MR) is 89.0 cm³/mol. The van der Waals surface area contributed by atoms with Crippen molar-refractivity contribution < 1.29 is 4.79 Å². The second-order valence-corrected chi connectivity index (χ2v) is 5.94. The molecular weight excluding hydrogens is 280 g/mol. The van der Waals surface area contributed by atoms with Crippen LogP contribution in [0.3, 0.4) is 0 Å². The molecule has 2 aromatic carbocycles. The van der Waals surface area contributed by atoms with Gasteiger partial charge in [-0.1, -0.05) is 48.5 Å². The lowest BCUT2D eigenvalue weighted by atomic mass is 10.2. The molecule has 3 rings (SSSR count). The first kappa shape index (κ1) is 13.9. The van der Waals surface area contributed by atoms with Gasteiger partial charge >= 0.3 is 0 Å². The summed E-state index contributed by atoms with van der Waals surface area (Å²) in [6.45, 7) is 1.98. The maximum atomic E-state index is 12.3. The molecule has 0 saturated carbocycles. The summed E-state index contributed by atoms with van der Waals surface area (Å²) in [6.07, 6.45) is 0. The molecule has 1 N–H and O–H groups in total. The van der Waals surface area contributed by atoms with Crippen LogP contribution in [-0.4, -0.2) is 22.7 Å².